The third-order valence-electron chi connectivity index (χ3n) is 3.92. The molecule has 0 fully saturated rings. The molecular formula is C17H14N4O. The normalized spacial score (nSPS) is 13.1. The maximum atomic E-state index is 12.6. The Morgan fingerprint density at radius 3 is 2.95 bits per heavy atom. The van der Waals surface area contributed by atoms with Gasteiger partial charge in [0.1, 0.15) is 0 Å². The van der Waals surface area contributed by atoms with Gasteiger partial charge in [-0.05, 0) is 17.2 Å². The van der Waals surface area contributed by atoms with Gasteiger partial charge in [-0.25, -0.2) is 0 Å². The molecule has 0 saturated heterocycles. The first-order valence-corrected chi connectivity index (χ1v) is 7.16. The zero-order valence-electron chi connectivity index (χ0n) is 11.8. The summed E-state index contributed by atoms with van der Waals surface area (Å²) in [5.41, 5.74) is 3.55. The van der Waals surface area contributed by atoms with E-state index in [1.165, 1.54) is 5.56 Å². The van der Waals surface area contributed by atoms with E-state index in [2.05, 4.69) is 26.9 Å². The standard InChI is InChI=1S/C17H14N4O/c22-17(16-13-6-2-1-4-12(13)9-19-21-16)20-15-7-3-5-11-8-18-10-14(11)15/h1-7,9,18H,8,10H2,(H,20,22). The van der Waals surface area contributed by atoms with Crippen molar-refractivity contribution >= 4 is 22.4 Å². The van der Waals surface area contributed by atoms with Crippen LogP contribution in [-0.2, 0) is 13.1 Å². The molecule has 0 saturated carbocycles. The average Bonchev–Trinajstić information content (AvgIpc) is 3.04. The number of carbonyl (C=O) groups is 1. The van der Waals surface area contributed by atoms with Crippen molar-refractivity contribution in [1.82, 2.24) is 15.5 Å². The lowest BCUT2D eigenvalue weighted by Gasteiger charge is -2.10. The van der Waals surface area contributed by atoms with Crippen LogP contribution in [-0.4, -0.2) is 16.1 Å². The second kappa shape index (κ2) is 5.20. The molecule has 108 valence electrons. The number of nitrogens with zero attached hydrogens (tertiary/aromatic N) is 2. The van der Waals surface area contributed by atoms with E-state index in [0.717, 1.165) is 35.1 Å². The summed E-state index contributed by atoms with van der Waals surface area (Å²) >= 11 is 0. The molecule has 2 heterocycles. The monoisotopic (exact) mass is 290 g/mol. The molecule has 1 aliphatic heterocycles. The number of rotatable bonds is 2. The van der Waals surface area contributed by atoms with E-state index in [1.54, 1.807) is 6.20 Å². The molecule has 2 N–H and O–H groups in total. The molecule has 3 aromatic rings. The molecule has 0 unspecified atom stereocenters. The SMILES string of the molecule is O=C(Nc1cccc2c1CNC2)c1nncc2ccccc12. The lowest BCUT2D eigenvalue weighted by atomic mass is 10.1. The molecule has 0 radical (unpaired) electrons. The molecule has 1 aliphatic rings. The number of benzene rings is 2. The number of amides is 1. The highest BCUT2D eigenvalue weighted by Crippen LogP contribution is 2.25. The molecule has 2 aromatic carbocycles. The van der Waals surface area contributed by atoms with Crippen LogP contribution in [0.5, 0.6) is 0 Å². The Morgan fingerprint density at radius 1 is 1.09 bits per heavy atom. The fraction of sp³-hybridized carbons (Fsp3) is 0.118. The summed E-state index contributed by atoms with van der Waals surface area (Å²) in [6.07, 6.45) is 1.66. The Kier molecular flexibility index (Phi) is 3.05. The van der Waals surface area contributed by atoms with Gasteiger partial charge in [0.25, 0.3) is 5.91 Å². The van der Waals surface area contributed by atoms with Crippen molar-refractivity contribution in [1.29, 1.82) is 0 Å². The van der Waals surface area contributed by atoms with Crippen molar-refractivity contribution in [2.24, 2.45) is 0 Å². The summed E-state index contributed by atoms with van der Waals surface area (Å²) in [5.74, 6) is -0.232. The maximum Gasteiger partial charge on any atom is 0.276 e. The second-order valence-corrected chi connectivity index (χ2v) is 5.28. The van der Waals surface area contributed by atoms with Crippen molar-refractivity contribution < 1.29 is 4.79 Å². The summed E-state index contributed by atoms with van der Waals surface area (Å²) < 4.78 is 0. The van der Waals surface area contributed by atoms with E-state index < -0.39 is 0 Å². The Labute approximate surface area is 127 Å². The predicted molar refractivity (Wildman–Crippen MR) is 84.5 cm³/mol. The highest BCUT2D eigenvalue weighted by molar-refractivity contribution is 6.11. The molecule has 0 spiro atoms. The molecule has 5 nitrogen and oxygen atoms in total. The van der Waals surface area contributed by atoms with Crippen LogP contribution in [0.15, 0.2) is 48.7 Å². The largest absolute Gasteiger partial charge is 0.320 e. The van der Waals surface area contributed by atoms with Crippen LogP contribution >= 0.6 is 0 Å². The van der Waals surface area contributed by atoms with Crippen LogP contribution in [0.1, 0.15) is 21.6 Å². The van der Waals surface area contributed by atoms with Crippen LogP contribution in [0, 0.1) is 0 Å². The van der Waals surface area contributed by atoms with E-state index in [9.17, 15) is 4.79 Å². The average molecular weight is 290 g/mol. The van der Waals surface area contributed by atoms with Gasteiger partial charge in [-0.3, -0.25) is 4.79 Å². The Morgan fingerprint density at radius 2 is 2.00 bits per heavy atom. The second-order valence-electron chi connectivity index (χ2n) is 5.28. The quantitative estimate of drug-likeness (QED) is 0.761. The van der Waals surface area contributed by atoms with Crippen LogP contribution in [0.25, 0.3) is 10.8 Å². The maximum absolute atomic E-state index is 12.6. The Bertz CT molecular complexity index is 870. The first kappa shape index (κ1) is 12.9. The van der Waals surface area contributed by atoms with E-state index in [-0.39, 0.29) is 5.91 Å². The number of nitrogens with one attached hydrogen (secondary N) is 2. The van der Waals surface area contributed by atoms with Gasteiger partial charge in [-0.2, -0.15) is 5.10 Å². The fourth-order valence-corrected chi connectivity index (χ4v) is 2.83. The molecule has 22 heavy (non-hydrogen) atoms. The first-order chi connectivity index (χ1) is 10.8. The zero-order valence-corrected chi connectivity index (χ0v) is 11.8. The molecule has 5 heteroatoms. The van der Waals surface area contributed by atoms with Crippen molar-refractivity contribution in [2.75, 3.05) is 5.32 Å². The molecule has 1 aromatic heterocycles. The highest BCUT2D eigenvalue weighted by atomic mass is 16.1. The van der Waals surface area contributed by atoms with Gasteiger partial charge in [0.05, 0.1) is 6.20 Å². The van der Waals surface area contributed by atoms with Crippen molar-refractivity contribution in [3.8, 4) is 0 Å². The van der Waals surface area contributed by atoms with E-state index in [4.69, 9.17) is 0 Å². The number of hydrogen-bond acceptors (Lipinski definition) is 4. The predicted octanol–water partition coefficient (Wildman–Crippen LogP) is 2.49. The number of aromatic nitrogens is 2. The van der Waals surface area contributed by atoms with Crippen molar-refractivity contribution in [2.45, 2.75) is 13.1 Å². The number of hydrogen-bond donors (Lipinski definition) is 2. The number of carbonyl (C=O) groups excluding carboxylic acids is 1. The minimum absolute atomic E-state index is 0.232. The molecule has 0 bridgehead atoms. The summed E-state index contributed by atoms with van der Waals surface area (Å²) in [5, 5.41) is 15.9. The molecule has 0 aliphatic carbocycles. The van der Waals surface area contributed by atoms with Crippen LogP contribution in [0.2, 0.25) is 0 Å². The van der Waals surface area contributed by atoms with E-state index >= 15 is 0 Å². The zero-order chi connectivity index (χ0) is 14.9. The van der Waals surface area contributed by atoms with E-state index in [0.29, 0.717) is 5.69 Å². The fourth-order valence-electron chi connectivity index (χ4n) is 2.83. The van der Waals surface area contributed by atoms with Gasteiger partial charge in [-0.15, -0.1) is 5.10 Å². The van der Waals surface area contributed by atoms with Crippen LogP contribution in [0.4, 0.5) is 5.69 Å². The van der Waals surface area contributed by atoms with Gasteiger partial charge >= 0.3 is 0 Å². The van der Waals surface area contributed by atoms with Crippen molar-refractivity contribution in [3.05, 3.63) is 65.5 Å². The molecular weight excluding hydrogens is 276 g/mol. The summed E-state index contributed by atoms with van der Waals surface area (Å²) in [6, 6.07) is 13.6. The third-order valence-corrected chi connectivity index (χ3v) is 3.92. The molecule has 1 amide bonds. The van der Waals surface area contributed by atoms with Crippen LogP contribution in [0.3, 0.4) is 0 Å². The van der Waals surface area contributed by atoms with Gasteiger partial charge < -0.3 is 10.6 Å². The number of fused-ring (bicyclic) bond motifs is 2. The highest BCUT2D eigenvalue weighted by Gasteiger charge is 2.18. The third kappa shape index (κ3) is 2.12. The van der Waals surface area contributed by atoms with Crippen molar-refractivity contribution in [3.63, 3.8) is 0 Å². The smallest absolute Gasteiger partial charge is 0.276 e. The van der Waals surface area contributed by atoms with Gasteiger partial charge in [0.2, 0.25) is 0 Å². The summed E-state index contributed by atoms with van der Waals surface area (Å²) in [7, 11) is 0. The first-order valence-electron chi connectivity index (χ1n) is 7.16. The molecule has 0 atom stereocenters. The number of anilines is 1. The molecule has 4 rings (SSSR count). The minimum atomic E-state index is -0.232. The topological polar surface area (TPSA) is 66.9 Å². The van der Waals surface area contributed by atoms with Gasteiger partial charge in [0.15, 0.2) is 5.69 Å². The Hall–Kier alpha value is -2.79. The summed E-state index contributed by atoms with van der Waals surface area (Å²) in [4.78, 5) is 12.6. The summed E-state index contributed by atoms with van der Waals surface area (Å²) in [6.45, 7) is 1.61. The van der Waals surface area contributed by atoms with Gasteiger partial charge in [0, 0.05) is 29.5 Å². The van der Waals surface area contributed by atoms with Crippen LogP contribution < -0.4 is 10.6 Å². The lowest BCUT2D eigenvalue weighted by Crippen LogP contribution is -2.16. The lowest BCUT2D eigenvalue weighted by molar-refractivity contribution is 0.102. The Balaban J connectivity index is 1.72. The minimum Gasteiger partial charge on any atom is -0.320 e. The van der Waals surface area contributed by atoms with Gasteiger partial charge in [-0.1, -0.05) is 36.4 Å². The van der Waals surface area contributed by atoms with E-state index in [1.807, 2.05) is 36.4 Å².